The van der Waals surface area contributed by atoms with Crippen LogP contribution in [0.25, 0.3) is 0 Å². The second-order valence-corrected chi connectivity index (χ2v) is 7.18. The Bertz CT molecular complexity index is 531. The van der Waals surface area contributed by atoms with Crippen LogP contribution in [0.3, 0.4) is 0 Å². The Hall–Kier alpha value is -1.39. The van der Waals surface area contributed by atoms with Gasteiger partial charge in [0, 0.05) is 12.5 Å². The maximum atomic E-state index is 12.8. The fourth-order valence-corrected chi connectivity index (χ4v) is 3.91. The maximum Gasteiger partial charge on any atom is 0.246 e. The van der Waals surface area contributed by atoms with Crippen LogP contribution in [0.15, 0.2) is 0 Å². The molecule has 1 aliphatic carbocycles. The fraction of sp³-hybridized carbons (Fsp3) is 0.824. The molecule has 0 spiro atoms. The van der Waals surface area contributed by atoms with Crippen molar-refractivity contribution < 1.29 is 4.79 Å². The number of hydrogen-bond donors (Lipinski definition) is 0. The molecule has 2 aliphatic rings. The fourth-order valence-electron chi connectivity index (χ4n) is 3.91. The number of fused-ring (bicyclic) bond motifs is 1. The first kappa shape index (κ1) is 15.5. The number of carbonyl (C=O) groups is 1. The molecule has 1 atom stereocenters. The molecule has 0 saturated heterocycles. The number of nitrogens with zero attached hydrogens (tertiary/aromatic N) is 4. The zero-order chi connectivity index (χ0) is 15.7. The van der Waals surface area contributed by atoms with Gasteiger partial charge >= 0.3 is 0 Å². The molecule has 1 aromatic heterocycles. The van der Waals surface area contributed by atoms with Crippen molar-refractivity contribution in [1.29, 1.82) is 0 Å². The summed E-state index contributed by atoms with van der Waals surface area (Å²) in [5, 5.41) is 8.96. The van der Waals surface area contributed by atoms with Crippen molar-refractivity contribution in [2.45, 2.75) is 77.8 Å². The summed E-state index contributed by atoms with van der Waals surface area (Å²) in [5.41, 5.74) is 0. The molecular formula is C17H28N4O. The van der Waals surface area contributed by atoms with Gasteiger partial charge in [-0.2, -0.15) is 0 Å². The lowest BCUT2D eigenvalue weighted by atomic mass is 9.88. The van der Waals surface area contributed by atoms with Gasteiger partial charge in [-0.25, -0.2) is 0 Å². The van der Waals surface area contributed by atoms with Gasteiger partial charge in [0.15, 0.2) is 5.82 Å². The smallest absolute Gasteiger partial charge is 0.246 e. The van der Waals surface area contributed by atoms with Gasteiger partial charge in [0.05, 0.1) is 6.54 Å². The normalized spacial score (nSPS) is 23.2. The molecule has 1 aliphatic heterocycles. The molecule has 0 bridgehead atoms. The van der Waals surface area contributed by atoms with E-state index in [1.165, 1.54) is 32.1 Å². The Morgan fingerprint density at radius 1 is 1.18 bits per heavy atom. The lowest BCUT2D eigenvalue weighted by Gasteiger charge is -2.35. The molecule has 3 rings (SSSR count). The number of aromatic nitrogens is 3. The summed E-state index contributed by atoms with van der Waals surface area (Å²) >= 11 is 0. The van der Waals surface area contributed by atoms with E-state index in [2.05, 4.69) is 28.6 Å². The Labute approximate surface area is 133 Å². The predicted molar refractivity (Wildman–Crippen MR) is 85.4 cm³/mol. The summed E-state index contributed by atoms with van der Waals surface area (Å²) in [6.07, 6.45) is 7.14. The third kappa shape index (κ3) is 2.77. The molecule has 0 radical (unpaired) electrons. The maximum absolute atomic E-state index is 12.8. The monoisotopic (exact) mass is 304 g/mol. The number of hydrogen-bond acceptors (Lipinski definition) is 3. The number of rotatable bonds is 4. The Balaban J connectivity index is 1.97. The number of amides is 1. The molecule has 1 aromatic rings. The lowest BCUT2D eigenvalue weighted by molar-refractivity contribution is -0.138. The third-order valence-corrected chi connectivity index (χ3v) is 5.08. The molecule has 0 N–H and O–H groups in total. The second kappa shape index (κ2) is 6.39. The van der Waals surface area contributed by atoms with Gasteiger partial charge in [0.25, 0.3) is 0 Å². The van der Waals surface area contributed by atoms with Crippen molar-refractivity contribution in [3.63, 3.8) is 0 Å². The predicted octanol–water partition coefficient (Wildman–Crippen LogP) is 3.28. The molecule has 1 amide bonds. The highest BCUT2D eigenvalue weighted by Crippen LogP contribution is 2.36. The van der Waals surface area contributed by atoms with E-state index >= 15 is 0 Å². The molecule has 5 nitrogen and oxygen atoms in total. The van der Waals surface area contributed by atoms with Crippen LogP contribution in [0.5, 0.6) is 0 Å². The van der Waals surface area contributed by atoms with Crippen LogP contribution in [0.4, 0.5) is 0 Å². The van der Waals surface area contributed by atoms with E-state index < -0.39 is 0 Å². The lowest BCUT2D eigenvalue weighted by Crippen LogP contribution is -2.43. The van der Waals surface area contributed by atoms with Crippen LogP contribution >= 0.6 is 0 Å². The molecule has 1 fully saturated rings. The first-order valence-electron chi connectivity index (χ1n) is 8.84. The van der Waals surface area contributed by atoms with E-state index in [0.717, 1.165) is 24.6 Å². The van der Waals surface area contributed by atoms with Gasteiger partial charge in [-0.3, -0.25) is 4.79 Å². The molecule has 1 saturated carbocycles. The van der Waals surface area contributed by atoms with Crippen molar-refractivity contribution in [1.82, 2.24) is 19.7 Å². The minimum absolute atomic E-state index is 0.101. The van der Waals surface area contributed by atoms with Crippen molar-refractivity contribution in [3.8, 4) is 0 Å². The number of carbonyl (C=O) groups excluding carboxylic acids is 1. The molecule has 2 heterocycles. The first-order chi connectivity index (χ1) is 10.6. The highest BCUT2D eigenvalue weighted by Gasteiger charge is 2.37. The molecule has 5 heteroatoms. The topological polar surface area (TPSA) is 51.0 Å². The number of likely N-dealkylation sites (N-methyl/N-ethyl adjacent to an activating group) is 1. The van der Waals surface area contributed by atoms with E-state index in [4.69, 9.17) is 0 Å². The van der Waals surface area contributed by atoms with Crippen molar-refractivity contribution in [2.24, 2.45) is 5.92 Å². The van der Waals surface area contributed by atoms with E-state index in [1.54, 1.807) is 0 Å². The minimum atomic E-state index is -0.101. The SMILES string of the molecule is CCN1Cc2nnc(C3CCCCC3)n2[C@@H](CC(C)C)C1=O. The van der Waals surface area contributed by atoms with Crippen LogP contribution < -0.4 is 0 Å². The molecule has 0 aromatic carbocycles. The summed E-state index contributed by atoms with van der Waals surface area (Å²) in [7, 11) is 0. The van der Waals surface area contributed by atoms with Crippen molar-refractivity contribution in [2.75, 3.05) is 6.54 Å². The Morgan fingerprint density at radius 2 is 1.91 bits per heavy atom. The molecule has 22 heavy (non-hydrogen) atoms. The Morgan fingerprint density at radius 3 is 2.55 bits per heavy atom. The van der Waals surface area contributed by atoms with E-state index in [0.29, 0.717) is 18.4 Å². The van der Waals surface area contributed by atoms with E-state index in [1.807, 2.05) is 11.8 Å². The largest absolute Gasteiger partial charge is 0.334 e. The standard InChI is InChI=1S/C17H28N4O/c1-4-20-11-15-18-19-16(13-8-6-5-7-9-13)21(15)14(17(20)22)10-12(2)3/h12-14H,4-11H2,1-3H3/t14-/m0/s1. The van der Waals surface area contributed by atoms with E-state index in [-0.39, 0.29) is 11.9 Å². The minimum Gasteiger partial charge on any atom is -0.334 e. The summed E-state index contributed by atoms with van der Waals surface area (Å²) in [5.74, 6) is 3.28. The molecular weight excluding hydrogens is 276 g/mol. The van der Waals surface area contributed by atoms with Gasteiger partial charge < -0.3 is 9.47 Å². The van der Waals surface area contributed by atoms with E-state index in [9.17, 15) is 4.79 Å². The quantitative estimate of drug-likeness (QED) is 0.858. The molecule has 122 valence electrons. The summed E-state index contributed by atoms with van der Waals surface area (Å²) < 4.78 is 2.20. The van der Waals surface area contributed by atoms with Gasteiger partial charge in [0.2, 0.25) is 5.91 Å². The third-order valence-electron chi connectivity index (χ3n) is 5.08. The van der Waals surface area contributed by atoms with Crippen LogP contribution in [-0.4, -0.2) is 32.1 Å². The van der Waals surface area contributed by atoms with Gasteiger partial charge in [-0.15, -0.1) is 10.2 Å². The highest BCUT2D eigenvalue weighted by molar-refractivity contribution is 5.81. The van der Waals surface area contributed by atoms with Crippen molar-refractivity contribution in [3.05, 3.63) is 11.6 Å². The van der Waals surface area contributed by atoms with Gasteiger partial charge in [0.1, 0.15) is 11.9 Å². The van der Waals surface area contributed by atoms with Crippen LogP contribution in [0, 0.1) is 5.92 Å². The molecule has 0 unspecified atom stereocenters. The summed E-state index contributed by atoms with van der Waals surface area (Å²) in [4.78, 5) is 14.8. The van der Waals surface area contributed by atoms with Crippen LogP contribution in [0.2, 0.25) is 0 Å². The zero-order valence-corrected chi connectivity index (χ0v) is 14.1. The average molecular weight is 304 g/mol. The first-order valence-corrected chi connectivity index (χ1v) is 8.84. The van der Waals surface area contributed by atoms with Crippen molar-refractivity contribution >= 4 is 5.91 Å². The highest BCUT2D eigenvalue weighted by atomic mass is 16.2. The van der Waals surface area contributed by atoms with Gasteiger partial charge in [-0.05, 0) is 32.1 Å². The zero-order valence-electron chi connectivity index (χ0n) is 14.1. The summed E-state index contributed by atoms with van der Waals surface area (Å²) in [6, 6.07) is -0.101. The average Bonchev–Trinajstić information content (AvgIpc) is 2.94. The Kier molecular flexibility index (Phi) is 4.50. The summed E-state index contributed by atoms with van der Waals surface area (Å²) in [6.45, 7) is 7.77. The second-order valence-electron chi connectivity index (χ2n) is 7.18. The van der Waals surface area contributed by atoms with Crippen LogP contribution in [0.1, 0.15) is 82.9 Å². The van der Waals surface area contributed by atoms with Gasteiger partial charge in [-0.1, -0.05) is 33.1 Å². The van der Waals surface area contributed by atoms with Crippen LogP contribution in [-0.2, 0) is 11.3 Å².